The number of H-pyrrole nitrogens is 1. The van der Waals surface area contributed by atoms with Crippen molar-refractivity contribution in [1.82, 2.24) is 19.5 Å². The molecule has 0 bridgehead atoms. The molecule has 10 heteroatoms. The maximum atomic E-state index is 11.7. The fourth-order valence-electron chi connectivity index (χ4n) is 2.23. The van der Waals surface area contributed by atoms with Gasteiger partial charge in [-0.3, -0.25) is 9.78 Å². The Hall–Kier alpha value is -1.83. The minimum atomic E-state index is -1.31. The molecule has 112 valence electrons. The van der Waals surface area contributed by atoms with Crippen LogP contribution < -0.4 is 11.3 Å². The number of fused-ring (bicyclic) bond motifs is 1. The molecule has 3 heterocycles. The van der Waals surface area contributed by atoms with Crippen LogP contribution in [0.4, 0.5) is 5.95 Å². The van der Waals surface area contributed by atoms with Crippen molar-refractivity contribution in [1.29, 1.82) is 0 Å². The minimum absolute atomic E-state index is 0.0405. The van der Waals surface area contributed by atoms with E-state index in [-0.39, 0.29) is 23.1 Å². The number of anilines is 1. The summed E-state index contributed by atoms with van der Waals surface area (Å²) in [4.78, 5) is 22.2. The van der Waals surface area contributed by atoms with Crippen LogP contribution in [0.5, 0.6) is 0 Å². The van der Waals surface area contributed by atoms with Crippen LogP contribution in [0.1, 0.15) is 0 Å². The van der Waals surface area contributed by atoms with Crippen molar-refractivity contribution < 1.29 is 14.0 Å². The molecule has 1 saturated heterocycles. The molecular weight excluding hydrogens is 297 g/mol. The topological polar surface area (TPSA) is 125 Å². The largest absolute Gasteiger partial charge is 0.369 e. The fourth-order valence-corrected chi connectivity index (χ4v) is 2.84. The molecule has 2 aromatic rings. The van der Waals surface area contributed by atoms with Crippen LogP contribution in [-0.2, 0) is 20.6 Å². The van der Waals surface area contributed by atoms with Gasteiger partial charge in [-0.25, -0.2) is 4.98 Å². The molecule has 2 aromatic heterocycles. The predicted molar refractivity (Wildman–Crippen MR) is 75.6 cm³/mol. The van der Waals surface area contributed by atoms with Crippen LogP contribution in [-0.4, -0.2) is 51.3 Å². The molecule has 3 rings (SSSR count). The number of aromatic amines is 1. The van der Waals surface area contributed by atoms with Gasteiger partial charge in [-0.05, 0) is 0 Å². The number of nitrogens with one attached hydrogen (secondary N) is 1. The van der Waals surface area contributed by atoms with E-state index in [1.807, 2.05) is 0 Å². The van der Waals surface area contributed by atoms with E-state index >= 15 is 0 Å². The van der Waals surface area contributed by atoms with Crippen LogP contribution >= 0.6 is 7.80 Å². The summed E-state index contributed by atoms with van der Waals surface area (Å²) in [6.07, 6.45) is 1.24. The summed E-state index contributed by atoms with van der Waals surface area (Å²) in [5, 5.41) is 0. The van der Waals surface area contributed by atoms with Crippen molar-refractivity contribution in [2.24, 2.45) is 0 Å². The zero-order valence-electron chi connectivity index (χ0n) is 11.4. The second kappa shape index (κ2) is 5.51. The lowest BCUT2D eigenvalue weighted by Crippen LogP contribution is -2.20. The van der Waals surface area contributed by atoms with Gasteiger partial charge in [-0.15, -0.1) is 0 Å². The van der Waals surface area contributed by atoms with Crippen molar-refractivity contribution in [2.75, 3.05) is 25.2 Å². The number of hydrogen-bond donors (Lipinski definition) is 2. The Bertz CT molecular complexity index is 742. The summed E-state index contributed by atoms with van der Waals surface area (Å²) in [6.45, 7) is 2.47. The molecule has 0 aliphatic carbocycles. The molecule has 9 nitrogen and oxygen atoms in total. The third kappa shape index (κ3) is 2.94. The van der Waals surface area contributed by atoms with E-state index in [1.165, 1.54) is 6.33 Å². The third-order valence-corrected chi connectivity index (χ3v) is 3.92. The highest BCUT2D eigenvalue weighted by atomic mass is 31.1. The Kier molecular flexibility index (Phi) is 3.71. The summed E-state index contributed by atoms with van der Waals surface area (Å²) < 4.78 is 24.0. The van der Waals surface area contributed by atoms with Crippen LogP contribution in [0.3, 0.4) is 0 Å². The van der Waals surface area contributed by atoms with Crippen molar-refractivity contribution in [3.05, 3.63) is 16.7 Å². The number of ether oxygens (including phenoxy) is 2. The number of nitrogen functional groups attached to an aromatic ring is 1. The first kappa shape index (κ1) is 14.1. The number of nitrogens with zero attached hydrogens (tertiary/aromatic N) is 3. The Morgan fingerprint density at radius 1 is 1.62 bits per heavy atom. The molecule has 0 saturated carbocycles. The van der Waals surface area contributed by atoms with E-state index in [2.05, 4.69) is 15.0 Å². The molecular formula is C11H15N5O4P+. The molecule has 0 aromatic carbocycles. The zero-order chi connectivity index (χ0) is 15.0. The second-order valence-electron chi connectivity index (χ2n) is 4.85. The van der Waals surface area contributed by atoms with Gasteiger partial charge in [-0.2, -0.15) is 4.98 Å². The van der Waals surface area contributed by atoms with Crippen LogP contribution in [0.25, 0.3) is 11.2 Å². The lowest BCUT2D eigenvalue weighted by molar-refractivity contribution is -0.0415. The van der Waals surface area contributed by atoms with Gasteiger partial charge in [0.15, 0.2) is 17.3 Å². The quantitative estimate of drug-likeness (QED) is 0.755. The average Bonchev–Trinajstić information content (AvgIpc) is 2.97. The van der Waals surface area contributed by atoms with E-state index < -0.39 is 14.1 Å². The van der Waals surface area contributed by atoms with Crippen LogP contribution in [0, 0.1) is 0 Å². The van der Waals surface area contributed by atoms with E-state index in [4.69, 9.17) is 15.2 Å². The van der Waals surface area contributed by atoms with Crippen molar-refractivity contribution >= 4 is 24.9 Å². The lowest BCUT2D eigenvalue weighted by atomic mass is 10.4. The summed E-state index contributed by atoms with van der Waals surface area (Å²) >= 11 is 0. The molecule has 1 aliphatic rings. The highest BCUT2D eigenvalue weighted by Gasteiger charge is 2.31. The zero-order valence-corrected chi connectivity index (χ0v) is 12.2. The van der Waals surface area contributed by atoms with Gasteiger partial charge in [0.25, 0.3) is 5.56 Å². The molecule has 1 fully saturated rings. The van der Waals surface area contributed by atoms with Gasteiger partial charge in [0.1, 0.15) is 12.8 Å². The number of hydrogen-bond acceptors (Lipinski definition) is 7. The minimum Gasteiger partial charge on any atom is -0.369 e. The van der Waals surface area contributed by atoms with Crippen molar-refractivity contribution in [3.63, 3.8) is 0 Å². The summed E-state index contributed by atoms with van der Waals surface area (Å²) in [6, 6.07) is 0. The fraction of sp³-hybridized carbons (Fsp3) is 0.545. The average molecular weight is 312 g/mol. The van der Waals surface area contributed by atoms with Gasteiger partial charge in [0, 0.05) is 0 Å². The summed E-state index contributed by atoms with van der Waals surface area (Å²) in [5.41, 5.74) is 5.81. The van der Waals surface area contributed by atoms with Gasteiger partial charge in [-0.1, -0.05) is 4.57 Å². The predicted octanol–water partition coefficient (Wildman–Crippen LogP) is -0.0995. The Morgan fingerprint density at radius 2 is 2.43 bits per heavy atom. The monoisotopic (exact) mass is 312 g/mol. The molecule has 2 unspecified atom stereocenters. The molecule has 3 atom stereocenters. The Labute approximate surface area is 120 Å². The van der Waals surface area contributed by atoms with E-state index in [1.54, 1.807) is 11.2 Å². The standard InChI is InChI=1S/C11H14N5O4P/c1-21(18)4-7-19-3-6(20-7)2-16-5-13-8-9(16)14-11(12)15-10(8)17/h5-7H,2-4H2,1H3,(H2-,12,14,15,17)/p+1/t6-,7?/m1/s1. The normalized spacial score (nSPS) is 22.8. The first-order chi connectivity index (χ1) is 10.0. The molecule has 21 heavy (non-hydrogen) atoms. The SMILES string of the molecule is C[P+](=O)CC1OC[C@@H](Cn2cnc3c(=O)[nH]c(N)nc32)O1. The summed E-state index contributed by atoms with van der Waals surface area (Å²) in [5.74, 6) is 0.0405. The maximum absolute atomic E-state index is 11.7. The van der Waals surface area contributed by atoms with Crippen molar-refractivity contribution in [3.8, 4) is 0 Å². The highest BCUT2D eigenvalue weighted by Crippen LogP contribution is 2.23. The van der Waals surface area contributed by atoms with Crippen LogP contribution in [0.15, 0.2) is 11.1 Å². The summed E-state index contributed by atoms with van der Waals surface area (Å²) in [7, 11) is -1.31. The number of rotatable bonds is 4. The van der Waals surface area contributed by atoms with Crippen LogP contribution in [0.2, 0.25) is 0 Å². The number of aromatic nitrogens is 4. The molecule has 3 N–H and O–H groups in total. The van der Waals surface area contributed by atoms with E-state index in [0.29, 0.717) is 25.0 Å². The molecule has 1 aliphatic heterocycles. The Morgan fingerprint density at radius 3 is 3.19 bits per heavy atom. The lowest BCUT2D eigenvalue weighted by Gasteiger charge is -2.09. The highest BCUT2D eigenvalue weighted by molar-refractivity contribution is 7.43. The number of nitrogens with two attached hydrogens (primary N) is 1. The van der Waals surface area contributed by atoms with Crippen molar-refractivity contribution in [2.45, 2.75) is 18.9 Å². The molecule has 0 radical (unpaired) electrons. The number of imidazole rings is 1. The van der Waals surface area contributed by atoms with Gasteiger partial charge in [0.05, 0.1) is 19.5 Å². The van der Waals surface area contributed by atoms with Gasteiger partial charge >= 0.3 is 7.80 Å². The van der Waals surface area contributed by atoms with E-state index in [9.17, 15) is 9.36 Å². The Balaban J connectivity index is 1.77. The first-order valence-electron chi connectivity index (χ1n) is 6.39. The van der Waals surface area contributed by atoms with E-state index in [0.717, 1.165) is 0 Å². The third-order valence-electron chi connectivity index (χ3n) is 3.11. The molecule has 0 amide bonds. The van der Waals surface area contributed by atoms with Gasteiger partial charge in [0.2, 0.25) is 12.2 Å². The smallest absolute Gasteiger partial charge is 0.340 e. The molecule has 0 spiro atoms. The van der Waals surface area contributed by atoms with Gasteiger partial charge < -0.3 is 19.8 Å². The first-order valence-corrected chi connectivity index (χ1v) is 8.28. The second-order valence-corrected chi connectivity index (χ2v) is 6.47. The maximum Gasteiger partial charge on any atom is 0.340 e.